The van der Waals surface area contributed by atoms with Crippen molar-refractivity contribution in [3.05, 3.63) is 59.7 Å². The average Bonchev–Trinajstić information content (AvgIpc) is 2.51. The molecule has 1 N–H and O–H groups in total. The van der Waals surface area contributed by atoms with E-state index in [-0.39, 0.29) is 0 Å². The minimum Gasteiger partial charge on any atom is -0.494 e. The molecule has 0 bridgehead atoms. The molecular weight excluding hydrogens is 262 g/mol. The molecule has 0 aromatic heterocycles. The summed E-state index contributed by atoms with van der Waals surface area (Å²) in [5, 5.41) is 3.44. The first-order chi connectivity index (χ1) is 10.3. The third kappa shape index (κ3) is 5.12. The first kappa shape index (κ1) is 15.4. The van der Waals surface area contributed by atoms with Gasteiger partial charge in [0.2, 0.25) is 0 Å². The van der Waals surface area contributed by atoms with Crippen molar-refractivity contribution in [1.29, 1.82) is 0 Å². The summed E-state index contributed by atoms with van der Waals surface area (Å²) < 4.78 is 10.9. The first-order valence-electron chi connectivity index (χ1n) is 7.46. The van der Waals surface area contributed by atoms with Crippen molar-refractivity contribution in [2.24, 2.45) is 0 Å². The molecule has 0 aliphatic carbocycles. The molecule has 2 rings (SSSR count). The molecule has 2 aromatic rings. The zero-order valence-electron chi connectivity index (χ0n) is 12.8. The fraction of sp³-hybridized carbons (Fsp3) is 0.333. The van der Waals surface area contributed by atoms with E-state index in [1.165, 1.54) is 11.1 Å². The van der Waals surface area contributed by atoms with Gasteiger partial charge in [0.05, 0.1) is 13.2 Å². The highest BCUT2D eigenvalue weighted by atomic mass is 16.5. The van der Waals surface area contributed by atoms with E-state index in [9.17, 15) is 0 Å². The lowest BCUT2D eigenvalue weighted by molar-refractivity contribution is 0.340. The Labute approximate surface area is 126 Å². The molecule has 2 aromatic carbocycles. The second kappa shape index (κ2) is 8.32. The SMILES string of the molecule is CCOc1ccc(CNCc2ccc(OCC)cc2)cc1. The van der Waals surface area contributed by atoms with Gasteiger partial charge in [-0.05, 0) is 49.2 Å². The Morgan fingerprint density at radius 2 is 1.05 bits per heavy atom. The van der Waals surface area contributed by atoms with Crippen LogP contribution in [0, 0.1) is 0 Å². The summed E-state index contributed by atoms with van der Waals surface area (Å²) in [6, 6.07) is 16.4. The van der Waals surface area contributed by atoms with E-state index in [1.807, 2.05) is 38.1 Å². The summed E-state index contributed by atoms with van der Waals surface area (Å²) in [4.78, 5) is 0. The van der Waals surface area contributed by atoms with Crippen LogP contribution in [-0.2, 0) is 13.1 Å². The van der Waals surface area contributed by atoms with Crippen LogP contribution in [0.3, 0.4) is 0 Å². The molecule has 0 unspecified atom stereocenters. The van der Waals surface area contributed by atoms with Crippen molar-refractivity contribution < 1.29 is 9.47 Å². The Kier molecular flexibility index (Phi) is 6.10. The van der Waals surface area contributed by atoms with Gasteiger partial charge in [-0.2, -0.15) is 0 Å². The number of rotatable bonds is 8. The Morgan fingerprint density at radius 3 is 1.38 bits per heavy atom. The Morgan fingerprint density at radius 1 is 0.667 bits per heavy atom. The minimum atomic E-state index is 0.704. The zero-order chi connectivity index (χ0) is 14.9. The number of hydrogen-bond acceptors (Lipinski definition) is 3. The monoisotopic (exact) mass is 285 g/mol. The summed E-state index contributed by atoms with van der Waals surface area (Å²) in [6.07, 6.45) is 0. The third-order valence-electron chi connectivity index (χ3n) is 3.13. The Hall–Kier alpha value is -2.00. The van der Waals surface area contributed by atoms with Crippen molar-refractivity contribution >= 4 is 0 Å². The van der Waals surface area contributed by atoms with Gasteiger partial charge in [0, 0.05) is 13.1 Å². The van der Waals surface area contributed by atoms with Crippen LogP contribution in [0.4, 0.5) is 0 Å². The summed E-state index contributed by atoms with van der Waals surface area (Å²) in [7, 11) is 0. The van der Waals surface area contributed by atoms with Crippen LogP contribution >= 0.6 is 0 Å². The van der Waals surface area contributed by atoms with Gasteiger partial charge < -0.3 is 14.8 Å². The highest BCUT2D eigenvalue weighted by molar-refractivity contribution is 5.28. The van der Waals surface area contributed by atoms with E-state index < -0.39 is 0 Å². The second-order valence-electron chi connectivity index (χ2n) is 4.76. The lowest BCUT2D eigenvalue weighted by atomic mass is 10.2. The molecule has 0 aliphatic rings. The van der Waals surface area contributed by atoms with Crippen LogP contribution < -0.4 is 14.8 Å². The highest BCUT2D eigenvalue weighted by Gasteiger charge is 1.97. The summed E-state index contributed by atoms with van der Waals surface area (Å²) in [6.45, 7) is 7.09. The predicted octanol–water partition coefficient (Wildman–Crippen LogP) is 3.77. The number of benzene rings is 2. The first-order valence-corrected chi connectivity index (χ1v) is 7.46. The smallest absolute Gasteiger partial charge is 0.119 e. The average molecular weight is 285 g/mol. The zero-order valence-corrected chi connectivity index (χ0v) is 12.8. The van der Waals surface area contributed by atoms with Crippen LogP contribution in [0.5, 0.6) is 11.5 Å². The molecule has 0 fully saturated rings. The summed E-state index contributed by atoms with van der Waals surface area (Å²) >= 11 is 0. The van der Waals surface area contributed by atoms with Crippen molar-refractivity contribution in [2.75, 3.05) is 13.2 Å². The molecular formula is C18H23NO2. The van der Waals surface area contributed by atoms with E-state index >= 15 is 0 Å². The lowest BCUT2D eigenvalue weighted by Crippen LogP contribution is -2.12. The van der Waals surface area contributed by atoms with Gasteiger partial charge in [0.25, 0.3) is 0 Å². The van der Waals surface area contributed by atoms with Crippen molar-refractivity contribution in [3.63, 3.8) is 0 Å². The molecule has 112 valence electrons. The second-order valence-corrected chi connectivity index (χ2v) is 4.76. The molecule has 0 aliphatic heterocycles. The van der Waals surface area contributed by atoms with E-state index in [1.54, 1.807) is 0 Å². The molecule has 0 heterocycles. The van der Waals surface area contributed by atoms with Crippen molar-refractivity contribution in [1.82, 2.24) is 5.32 Å². The lowest BCUT2D eigenvalue weighted by Gasteiger charge is -2.08. The van der Waals surface area contributed by atoms with E-state index in [0.717, 1.165) is 24.6 Å². The fourth-order valence-corrected chi connectivity index (χ4v) is 2.09. The topological polar surface area (TPSA) is 30.5 Å². The van der Waals surface area contributed by atoms with Crippen molar-refractivity contribution in [2.45, 2.75) is 26.9 Å². The summed E-state index contributed by atoms with van der Waals surface area (Å²) in [5.41, 5.74) is 2.51. The standard InChI is InChI=1S/C18H23NO2/c1-3-20-17-9-5-15(6-10-17)13-19-14-16-7-11-18(12-8-16)21-4-2/h5-12,19H,3-4,13-14H2,1-2H3. The molecule has 21 heavy (non-hydrogen) atoms. The van der Waals surface area contributed by atoms with E-state index in [4.69, 9.17) is 9.47 Å². The predicted molar refractivity (Wildman–Crippen MR) is 85.8 cm³/mol. The van der Waals surface area contributed by atoms with Gasteiger partial charge >= 0.3 is 0 Å². The maximum absolute atomic E-state index is 5.43. The van der Waals surface area contributed by atoms with Crippen LogP contribution in [0.15, 0.2) is 48.5 Å². The largest absolute Gasteiger partial charge is 0.494 e. The van der Waals surface area contributed by atoms with E-state index in [2.05, 4.69) is 29.6 Å². The number of hydrogen-bond donors (Lipinski definition) is 1. The van der Waals surface area contributed by atoms with Crippen molar-refractivity contribution in [3.8, 4) is 11.5 Å². The van der Waals surface area contributed by atoms with Gasteiger partial charge in [-0.1, -0.05) is 24.3 Å². The Bertz CT molecular complexity index is 470. The molecule has 0 spiro atoms. The minimum absolute atomic E-state index is 0.704. The molecule has 3 nitrogen and oxygen atoms in total. The fourth-order valence-electron chi connectivity index (χ4n) is 2.09. The molecule has 3 heteroatoms. The van der Waals surface area contributed by atoms with Gasteiger partial charge in [-0.25, -0.2) is 0 Å². The van der Waals surface area contributed by atoms with Crippen LogP contribution in [0.1, 0.15) is 25.0 Å². The molecule has 0 saturated carbocycles. The van der Waals surface area contributed by atoms with Gasteiger partial charge in [0.15, 0.2) is 0 Å². The quantitative estimate of drug-likeness (QED) is 0.801. The molecule has 0 radical (unpaired) electrons. The maximum Gasteiger partial charge on any atom is 0.119 e. The summed E-state index contributed by atoms with van der Waals surface area (Å²) in [5.74, 6) is 1.85. The number of ether oxygens (including phenoxy) is 2. The van der Waals surface area contributed by atoms with Crippen LogP contribution in [0.25, 0.3) is 0 Å². The van der Waals surface area contributed by atoms with Crippen LogP contribution in [0.2, 0.25) is 0 Å². The molecule has 0 amide bonds. The molecule has 0 saturated heterocycles. The Balaban J connectivity index is 1.78. The van der Waals surface area contributed by atoms with Gasteiger partial charge in [0.1, 0.15) is 11.5 Å². The highest BCUT2D eigenvalue weighted by Crippen LogP contribution is 2.13. The maximum atomic E-state index is 5.43. The third-order valence-corrected chi connectivity index (χ3v) is 3.13. The van der Waals surface area contributed by atoms with E-state index in [0.29, 0.717) is 13.2 Å². The van der Waals surface area contributed by atoms with Gasteiger partial charge in [-0.15, -0.1) is 0 Å². The van der Waals surface area contributed by atoms with Gasteiger partial charge in [-0.3, -0.25) is 0 Å². The normalized spacial score (nSPS) is 10.4. The molecule has 0 atom stereocenters. The number of nitrogens with one attached hydrogen (secondary N) is 1. The van der Waals surface area contributed by atoms with Crippen LogP contribution in [-0.4, -0.2) is 13.2 Å².